The second kappa shape index (κ2) is 5.82. The van der Waals surface area contributed by atoms with E-state index in [1.54, 1.807) is 12.1 Å². The predicted molar refractivity (Wildman–Crippen MR) is 89.3 cm³/mol. The van der Waals surface area contributed by atoms with E-state index in [-0.39, 0.29) is 11.6 Å². The van der Waals surface area contributed by atoms with Gasteiger partial charge in [0.25, 0.3) is 0 Å². The van der Waals surface area contributed by atoms with Gasteiger partial charge in [0.05, 0.1) is 5.69 Å². The molecule has 1 aliphatic rings. The highest BCUT2D eigenvalue weighted by Gasteiger charge is 2.22. The number of halogens is 3. The smallest absolute Gasteiger partial charge is 0.147 e. The molecular formula is C17H14Cl2FNO. The van der Waals surface area contributed by atoms with Crippen molar-refractivity contribution in [1.82, 2.24) is 0 Å². The maximum Gasteiger partial charge on any atom is 0.147 e. The van der Waals surface area contributed by atoms with E-state index in [1.165, 1.54) is 12.1 Å². The van der Waals surface area contributed by atoms with Gasteiger partial charge in [0.2, 0.25) is 0 Å². The normalized spacial score (nSPS) is 13.8. The van der Waals surface area contributed by atoms with Crippen molar-refractivity contribution in [3.63, 3.8) is 0 Å². The lowest BCUT2D eigenvalue weighted by molar-refractivity contribution is 0.471. The Kier molecular flexibility index (Phi) is 4.02. The van der Waals surface area contributed by atoms with Crippen molar-refractivity contribution in [2.75, 3.05) is 11.9 Å². The molecule has 0 bridgehead atoms. The zero-order valence-corrected chi connectivity index (χ0v) is 13.4. The summed E-state index contributed by atoms with van der Waals surface area (Å²) in [4.78, 5) is 0. The van der Waals surface area contributed by atoms with Crippen molar-refractivity contribution < 1.29 is 9.50 Å². The molecule has 5 heteroatoms. The Morgan fingerprint density at radius 3 is 2.73 bits per heavy atom. The molecule has 2 aromatic carbocycles. The van der Waals surface area contributed by atoms with Gasteiger partial charge in [0, 0.05) is 22.2 Å². The first-order chi connectivity index (χ1) is 10.5. The van der Waals surface area contributed by atoms with Crippen LogP contribution in [0.4, 0.5) is 10.1 Å². The molecule has 0 spiro atoms. The molecule has 0 radical (unpaired) electrons. The monoisotopic (exact) mass is 337 g/mol. The third-order valence-corrected chi connectivity index (χ3v) is 4.52. The Labute approximate surface area is 138 Å². The SMILES string of the molecule is CC1=C(Cc2ccc(Cl)cc2Cl)CNc2c(F)ccc(O)c21. The number of aromatic hydroxyl groups is 1. The van der Waals surface area contributed by atoms with E-state index in [1.807, 2.05) is 13.0 Å². The topological polar surface area (TPSA) is 32.3 Å². The van der Waals surface area contributed by atoms with Gasteiger partial charge in [-0.1, -0.05) is 29.3 Å². The van der Waals surface area contributed by atoms with Crippen LogP contribution in [0.1, 0.15) is 18.1 Å². The maximum absolute atomic E-state index is 13.9. The van der Waals surface area contributed by atoms with E-state index >= 15 is 0 Å². The maximum atomic E-state index is 13.9. The molecule has 1 aliphatic heterocycles. The van der Waals surface area contributed by atoms with Crippen LogP contribution in [0, 0.1) is 5.82 Å². The number of anilines is 1. The molecular weight excluding hydrogens is 324 g/mol. The van der Waals surface area contributed by atoms with Crippen molar-refractivity contribution in [2.24, 2.45) is 0 Å². The van der Waals surface area contributed by atoms with E-state index in [9.17, 15) is 9.50 Å². The highest BCUT2D eigenvalue weighted by molar-refractivity contribution is 6.35. The summed E-state index contributed by atoms with van der Waals surface area (Å²) < 4.78 is 13.9. The number of rotatable bonds is 2. The molecule has 0 unspecified atom stereocenters. The van der Waals surface area contributed by atoms with Gasteiger partial charge < -0.3 is 10.4 Å². The first kappa shape index (κ1) is 15.2. The minimum Gasteiger partial charge on any atom is -0.507 e. The number of nitrogens with one attached hydrogen (secondary N) is 1. The molecule has 114 valence electrons. The van der Waals surface area contributed by atoms with Crippen LogP contribution in [-0.4, -0.2) is 11.7 Å². The zero-order chi connectivity index (χ0) is 15.9. The fourth-order valence-corrected chi connectivity index (χ4v) is 3.19. The molecule has 0 fully saturated rings. The lowest BCUT2D eigenvalue weighted by atomic mass is 9.91. The van der Waals surface area contributed by atoms with E-state index in [0.717, 1.165) is 16.7 Å². The van der Waals surface area contributed by atoms with Crippen molar-refractivity contribution in [3.05, 3.63) is 62.9 Å². The molecule has 2 aromatic rings. The zero-order valence-electron chi connectivity index (χ0n) is 11.9. The Balaban J connectivity index is 2.03. The third-order valence-electron chi connectivity index (χ3n) is 3.94. The van der Waals surface area contributed by atoms with Gasteiger partial charge in [-0.15, -0.1) is 0 Å². The van der Waals surface area contributed by atoms with Crippen LogP contribution >= 0.6 is 23.2 Å². The van der Waals surface area contributed by atoms with Crippen LogP contribution in [0.5, 0.6) is 5.75 Å². The summed E-state index contributed by atoms with van der Waals surface area (Å²) in [5.41, 5.74) is 3.74. The summed E-state index contributed by atoms with van der Waals surface area (Å²) in [6, 6.07) is 8.01. The Morgan fingerprint density at radius 2 is 2.00 bits per heavy atom. The van der Waals surface area contributed by atoms with Gasteiger partial charge in [-0.2, -0.15) is 0 Å². The van der Waals surface area contributed by atoms with E-state index in [4.69, 9.17) is 23.2 Å². The number of hydrogen-bond acceptors (Lipinski definition) is 2. The molecule has 0 amide bonds. The van der Waals surface area contributed by atoms with Gasteiger partial charge in [0.1, 0.15) is 11.6 Å². The summed E-state index contributed by atoms with van der Waals surface area (Å²) in [5.74, 6) is -0.295. The summed E-state index contributed by atoms with van der Waals surface area (Å²) in [5, 5.41) is 14.3. The number of fused-ring (bicyclic) bond motifs is 1. The minimum absolute atomic E-state index is 0.0702. The predicted octanol–water partition coefficient (Wildman–Crippen LogP) is 5.28. The summed E-state index contributed by atoms with van der Waals surface area (Å²) in [7, 11) is 0. The van der Waals surface area contributed by atoms with Crippen LogP contribution < -0.4 is 5.32 Å². The lowest BCUT2D eigenvalue weighted by Gasteiger charge is -2.24. The van der Waals surface area contributed by atoms with Crippen LogP contribution in [0.3, 0.4) is 0 Å². The largest absolute Gasteiger partial charge is 0.507 e. The Morgan fingerprint density at radius 1 is 1.23 bits per heavy atom. The fourth-order valence-electron chi connectivity index (χ4n) is 2.71. The van der Waals surface area contributed by atoms with Crippen molar-refractivity contribution in [1.29, 1.82) is 0 Å². The van der Waals surface area contributed by atoms with Crippen LogP contribution in [0.25, 0.3) is 5.57 Å². The number of phenolic OH excluding ortho intramolecular Hbond substituents is 1. The average Bonchev–Trinajstić information content (AvgIpc) is 2.48. The van der Waals surface area contributed by atoms with E-state index < -0.39 is 0 Å². The number of benzene rings is 2. The second-order valence-corrected chi connectivity index (χ2v) is 6.15. The number of hydrogen-bond donors (Lipinski definition) is 2. The molecule has 0 aliphatic carbocycles. The standard InChI is InChI=1S/C17H14Cl2FNO/c1-9-11(6-10-2-3-12(18)7-13(10)19)8-21-17-14(20)4-5-15(22)16(9)17/h2-5,7,21-22H,6,8H2,1H3. The minimum atomic E-state index is -0.365. The van der Waals surface area contributed by atoms with Crippen molar-refractivity contribution in [2.45, 2.75) is 13.3 Å². The molecule has 0 aromatic heterocycles. The fraction of sp³-hybridized carbons (Fsp3) is 0.176. The van der Waals surface area contributed by atoms with E-state index in [2.05, 4.69) is 5.32 Å². The molecule has 0 saturated heterocycles. The lowest BCUT2D eigenvalue weighted by Crippen LogP contribution is -2.16. The first-order valence-corrected chi connectivity index (χ1v) is 7.61. The second-order valence-electron chi connectivity index (χ2n) is 5.31. The third kappa shape index (κ3) is 2.67. The highest BCUT2D eigenvalue weighted by atomic mass is 35.5. The van der Waals surface area contributed by atoms with Gasteiger partial charge in [0.15, 0.2) is 0 Å². The van der Waals surface area contributed by atoms with Gasteiger partial charge >= 0.3 is 0 Å². The molecule has 0 saturated carbocycles. The highest BCUT2D eigenvalue weighted by Crippen LogP contribution is 2.39. The Bertz CT molecular complexity index is 786. The summed E-state index contributed by atoms with van der Waals surface area (Å²) in [6.45, 7) is 2.40. The molecule has 2 nitrogen and oxygen atoms in total. The van der Waals surface area contributed by atoms with Crippen LogP contribution in [0.2, 0.25) is 10.0 Å². The molecule has 2 N–H and O–H groups in total. The molecule has 22 heavy (non-hydrogen) atoms. The van der Waals surface area contributed by atoms with Gasteiger partial charge in [-0.05, 0) is 54.3 Å². The van der Waals surface area contributed by atoms with Gasteiger partial charge in [-0.25, -0.2) is 4.39 Å². The van der Waals surface area contributed by atoms with Crippen LogP contribution in [0.15, 0.2) is 35.9 Å². The first-order valence-electron chi connectivity index (χ1n) is 6.85. The molecule has 3 rings (SSSR count). The summed E-state index contributed by atoms with van der Waals surface area (Å²) in [6.07, 6.45) is 0.615. The quantitative estimate of drug-likeness (QED) is 0.781. The average molecular weight is 338 g/mol. The van der Waals surface area contributed by atoms with Crippen LogP contribution in [-0.2, 0) is 6.42 Å². The summed E-state index contributed by atoms with van der Waals surface area (Å²) >= 11 is 12.1. The number of allylic oxidation sites excluding steroid dienone is 1. The van der Waals surface area contributed by atoms with E-state index in [0.29, 0.717) is 34.3 Å². The Hall–Kier alpha value is -1.71. The number of phenols is 1. The van der Waals surface area contributed by atoms with Crippen molar-refractivity contribution >= 4 is 34.5 Å². The van der Waals surface area contributed by atoms with Crippen molar-refractivity contribution in [3.8, 4) is 5.75 Å². The molecule has 0 atom stereocenters. The molecule has 1 heterocycles. The van der Waals surface area contributed by atoms with Gasteiger partial charge in [-0.3, -0.25) is 0 Å².